The predicted octanol–water partition coefficient (Wildman–Crippen LogP) is 3.43. The van der Waals surface area contributed by atoms with E-state index >= 15 is 0 Å². The molecule has 0 atom stereocenters. The van der Waals surface area contributed by atoms with Gasteiger partial charge in [-0.1, -0.05) is 18.2 Å². The van der Waals surface area contributed by atoms with Crippen molar-refractivity contribution in [1.82, 2.24) is 14.5 Å². The van der Waals surface area contributed by atoms with Crippen LogP contribution in [0.1, 0.15) is 30.5 Å². The smallest absolute Gasteiger partial charge is 0.200 e. The van der Waals surface area contributed by atoms with Gasteiger partial charge in [-0.05, 0) is 49.4 Å². The Bertz CT molecular complexity index is 1080. The number of methoxy groups -OCH3 is 1. The molecule has 0 bridgehead atoms. The third-order valence-electron chi connectivity index (χ3n) is 6.93. The van der Waals surface area contributed by atoms with Crippen LogP contribution in [0.15, 0.2) is 36.7 Å². The molecule has 2 aliphatic heterocycles. The number of hydrogen-bond donors (Lipinski definition) is 1. The highest BCUT2D eigenvalue weighted by molar-refractivity contribution is 5.89. The topological polar surface area (TPSA) is 53.8 Å². The fraction of sp³-hybridized carbons (Fsp3) is 0.480. The van der Waals surface area contributed by atoms with Crippen LogP contribution in [-0.2, 0) is 24.1 Å². The van der Waals surface area contributed by atoms with Crippen molar-refractivity contribution >= 4 is 16.6 Å². The summed E-state index contributed by atoms with van der Waals surface area (Å²) in [6.45, 7) is 9.19. The van der Waals surface area contributed by atoms with E-state index in [-0.39, 0.29) is 12.0 Å². The van der Waals surface area contributed by atoms with Crippen molar-refractivity contribution in [2.24, 2.45) is 0 Å². The van der Waals surface area contributed by atoms with Gasteiger partial charge in [-0.3, -0.25) is 0 Å². The van der Waals surface area contributed by atoms with Crippen molar-refractivity contribution in [3.05, 3.63) is 53.3 Å². The maximum Gasteiger partial charge on any atom is 0.200 e. The molecule has 1 fully saturated rings. The second-order valence-electron chi connectivity index (χ2n) is 9.21. The molecule has 0 amide bonds. The first-order valence-electron chi connectivity index (χ1n) is 11.3. The van der Waals surface area contributed by atoms with Crippen LogP contribution in [0.2, 0.25) is 0 Å². The summed E-state index contributed by atoms with van der Waals surface area (Å²) < 4.78 is 7.30. The third-order valence-corrected chi connectivity index (χ3v) is 6.93. The normalized spacial score (nSPS) is 17.7. The number of aromatic nitrogens is 2. The van der Waals surface area contributed by atoms with Crippen LogP contribution in [-0.4, -0.2) is 65.0 Å². The summed E-state index contributed by atoms with van der Waals surface area (Å²) in [7, 11) is 1.75. The summed E-state index contributed by atoms with van der Waals surface area (Å²) in [6.07, 6.45) is 6.31. The van der Waals surface area contributed by atoms with Crippen LogP contribution in [0.5, 0.6) is 5.88 Å². The number of benzene rings is 1. The molecule has 0 unspecified atom stereocenters. The Morgan fingerprint density at radius 2 is 1.90 bits per heavy atom. The Balaban J connectivity index is 1.35. The lowest BCUT2D eigenvalue weighted by Crippen LogP contribution is -2.52. The van der Waals surface area contributed by atoms with E-state index in [4.69, 9.17) is 4.74 Å². The minimum absolute atomic E-state index is 0.286. The molecule has 5 rings (SSSR count). The molecule has 0 spiro atoms. The van der Waals surface area contributed by atoms with Crippen molar-refractivity contribution in [3.63, 3.8) is 0 Å². The molecular weight excluding hydrogens is 388 g/mol. The highest BCUT2D eigenvalue weighted by atomic mass is 16.5. The molecule has 2 aromatic heterocycles. The standard InChI is InChI=1S/C25H32N4O2/c1-17(2)27-8-6-19-5-4-18(10-20(19)7-9-27)13-29-14-21-11-24(26-12-23(21)25(29)30)28-15-22(16-28)31-3/h4-5,10-12,14,17,22,30H,6-9,13,15-16H2,1-3H3. The number of aromatic hydroxyl groups is 1. The summed E-state index contributed by atoms with van der Waals surface area (Å²) in [5, 5.41) is 12.6. The van der Waals surface area contributed by atoms with Gasteiger partial charge in [0.15, 0.2) is 0 Å². The van der Waals surface area contributed by atoms with Crippen molar-refractivity contribution in [3.8, 4) is 5.88 Å². The number of nitrogens with zero attached hydrogens (tertiary/aromatic N) is 4. The number of fused-ring (bicyclic) bond motifs is 2. The zero-order valence-electron chi connectivity index (χ0n) is 18.7. The van der Waals surface area contributed by atoms with E-state index in [0.717, 1.165) is 55.6 Å². The van der Waals surface area contributed by atoms with Crippen molar-refractivity contribution in [2.75, 3.05) is 38.2 Å². The molecule has 6 heteroatoms. The van der Waals surface area contributed by atoms with E-state index in [1.54, 1.807) is 13.3 Å². The number of pyridine rings is 1. The van der Waals surface area contributed by atoms with Crippen LogP contribution < -0.4 is 4.90 Å². The number of anilines is 1. The van der Waals surface area contributed by atoms with Crippen LogP contribution in [0.3, 0.4) is 0 Å². The van der Waals surface area contributed by atoms with Gasteiger partial charge in [0, 0.05) is 57.1 Å². The van der Waals surface area contributed by atoms with E-state index in [2.05, 4.69) is 52.9 Å². The summed E-state index contributed by atoms with van der Waals surface area (Å²) in [4.78, 5) is 9.32. The first kappa shape index (κ1) is 20.3. The molecule has 1 saturated heterocycles. The molecule has 164 valence electrons. The molecule has 2 aliphatic rings. The molecule has 0 radical (unpaired) electrons. The fourth-order valence-corrected chi connectivity index (χ4v) is 4.81. The molecule has 1 N–H and O–H groups in total. The van der Waals surface area contributed by atoms with Crippen molar-refractivity contribution in [2.45, 2.75) is 45.4 Å². The van der Waals surface area contributed by atoms with Gasteiger partial charge in [0.05, 0.1) is 18.0 Å². The summed E-state index contributed by atoms with van der Waals surface area (Å²) in [5.74, 6) is 1.23. The Morgan fingerprint density at radius 3 is 2.65 bits per heavy atom. The zero-order valence-corrected chi connectivity index (χ0v) is 18.7. The average Bonchev–Trinajstić information content (AvgIpc) is 2.89. The van der Waals surface area contributed by atoms with Crippen LogP contribution in [0.4, 0.5) is 5.82 Å². The Kier molecular flexibility index (Phi) is 5.36. The van der Waals surface area contributed by atoms with Crippen LogP contribution in [0, 0.1) is 0 Å². The van der Waals surface area contributed by atoms with E-state index < -0.39 is 0 Å². The van der Waals surface area contributed by atoms with E-state index in [1.165, 1.54) is 16.7 Å². The Hall–Kier alpha value is -2.57. The third kappa shape index (κ3) is 3.90. The maximum atomic E-state index is 10.8. The largest absolute Gasteiger partial charge is 0.494 e. The minimum atomic E-state index is 0.286. The summed E-state index contributed by atoms with van der Waals surface area (Å²) >= 11 is 0. The second-order valence-corrected chi connectivity index (χ2v) is 9.21. The van der Waals surface area contributed by atoms with Gasteiger partial charge in [-0.15, -0.1) is 0 Å². The lowest BCUT2D eigenvalue weighted by molar-refractivity contribution is 0.0783. The van der Waals surface area contributed by atoms with Gasteiger partial charge in [0.25, 0.3) is 0 Å². The van der Waals surface area contributed by atoms with E-state index in [9.17, 15) is 5.11 Å². The highest BCUT2D eigenvalue weighted by Gasteiger charge is 2.27. The van der Waals surface area contributed by atoms with E-state index in [1.807, 2.05) is 10.8 Å². The lowest BCUT2D eigenvalue weighted by atomic mass is 10.00. The van der Waals surface area contributed by atoms with Gasteiger partial charge in [-0.2, -0.15) is 0 Å². The minimum Gasteiger partial charge on any atom is -0.494 e. The average molecular weight is 421 g/mol. The van der Waals surface area contributed by atoms with Crippen molar-refractivity contribution < 1.29 is 9.84 Å². The first-order chi connectivity index (χ1) is 15.0. The van der Waals surface area contributed by atoms with Gasteiger partial charge in [-0.25, -0.2) is 4.98 Å². The Labute approximate surface area is 184 Å². The maximum absolute atomic E-state index is 10.8. The molecular formula is C25H32N4O2. The van der Waals surface area contributed by atoms with E-state index in [0.29, 0.717) is 12.6 Å². The summed E-state index contributed by atoms with van der Waals surface area (Å²) in [6, 6.07) is 9.48. The SMILES string of the molecule is COC1CN(c2cc3cn(Cc4ccc5c(c4)CCN(C(C)C)CC5)c(O)c3cn2)C1. The molecule has 4 heterocycles. The predicted molar refractivity (Wildman–Crippen MR) is 124 cm³/mol. The molecule has 0 saturated carbocycles. The number of ether oxygens (including phenoxy) is 1. The number of rotatable bonds is 5. The van der Waals surface area contributed by atoms with Gasteiger partial charge in [0.1, 0.15) is 5.82 Å². The Morgan fingerprint density at radius 1 is 1.13 bits per heavy atom. The van der Waals surface area contributed by atoms with Crippen LogP contribution >= 0.6 is 0 Å². The molecule has 0 aliphatic carbocycles. The van der Waals surface area contributed by atoms with Gasteiger partial charge < -0.3 is 24.2 Å². The van der Waals surface area contributed by atoms with Gasteiger partial charge in [0.2, 0.25) is 5.88 Å². The zero-order chi connectivity index (χ0) is 21.5. The van der Waals surface area contributed by atoms with Crippen molar-refractivity contribution in [1.29, 1.82) is 0 Å². The fourth-order valence-electron chi connectivity index (χ4n) is 4.81. The second kappa shape index (κ2) is 8.17. The van der Waals surface area contributed by atoms with Gasteiger partial charge >= 0.3 is 0 Å². The van der Waals surface area contributed by atoms with Crippen LogP contribution in [0.25, 0.3) is 10.8 Å². The number of hydrogen-bond acceptors (Lipinski definition) is 5. The quantitative estimate of drug-likeness (QED) is 0.685. The molecule has 1 aromatic carbocycles. The molecule has 6 nitrogen and oxygen atoms in total. The highest BCUT2D eigenvalue weighted by Crippen LogP contribution is 2.31. The summed E-state index contributed by atoms with van der Waals surface area (Å²) in [5.41, 5.74) is 4.14. The monoisotopic (exact) mass is 420 g/mol. The molecule has 31 heavy (non-hydrogen) atoms. The molecule has 3 aromatic rings. The first-order valence-corrected chi connectivity index (χ1v) is 11.3. The lowest BCUT2D eigenvalue weighted by Gasteiger charge is -2.38.